The fraction of sp³-hybridized carbons (Fsp3) is 0.250. The molecule has 148 valence electrons. The van der Waals surface area contributed by atoms with Gasteiger partial charge in [-0.05, 0) is 36.4 Å². The Morgan fingerprint density at radius 2 is 1.50 bits per heavy atom. The lowest BCUT2D eigenvalue weighted by Gasteiger charge is -2.15. The van der Waals surface area contributed by atoms with E-state index in [4.69, 9.17) is 9.47 Å². The van der Waals surface area contributed by atoms with Crippen LogP contribution in [0.4, 0.5) is 11.4 Å². The maximum Gasteiger partial charge on any atom is 0.339 e. The molecule has 0 aliphatic heterocycles. The van der Waals surface area contributed by atoms with Gasteiger partial charge in [0, 0.05) is 5.69 Å². The summed E-state index contributed by atoms with van der Waals surface area (Å²) in [6.07, 6.45) is 0. The van der Waals surface area contributed by atoms with E-state index in [1.54, 1.807) is 62.7 Å². The van der Waals surface area contributed by atoms with Crippen molar-refractivity contribution in [2.24, 2.45) is 0 Å². The summed E-state index contributed by atoms with van der Waals surface area (Å²) in [7, 11) is 4.58. The number of hydrogen-bond donors (Lipinski definition) is 3. The van der Waals surface area contributed by atoms with E-state index in [0.717, 1.165) is 0 Å². The number of benzene rings is 2. The lowest BCUT2D eigenvalue weighted by atomic mass is 10.2. The van der Waals surface area contributed by atoms with Gasteiger partial charge in [0.05, 0.1) is 32.5 Å². The minimum Gasteiger partial charge on any atom is -0.497 e. The summed E-state index contributed by atoms with van der Waals surface area (Å²) < 4.78 is 9.78. The van der Waals surface area contributed by atoms with E-state index in [2.05, 4.69) is 10.6 Å². The number of carbonyl (C=O) groups excluding carboxylic acids is 3. The molecule has 0 heterocycles. The number of esters is 1. The van der Waals surface area contributed by atoms with Gasteiger partial charge >= 0.3 is 5.97 Å². The highest BCUT2D eigenvalue weighted by atomic mass is 16.5. The second kappa shape index (κ2) is 10.1. The normalized spacial score (nSPS) is 11.2. The van der Waals surface area contributed by atoms with Gasteiger partial charge in [0.15, 0.2) is 13.1 Å². The van der Waals surface area contributed by atoms with Crippen molar-refractivity contribution >= 4 is 29.2 Å². The number of nitrogens with one attached hydrogen (secondary N) is 3. The van der Waals surface area contributed by atoms with Gasteiger partial charge in [-0.15, -0.1) is 0 Å². The van der Waals surface area contributed by atoms with Crippen LogP contribution in [0.5, 0.6) is 5.75 Å². The van der Waals surface area contributed by atoms with Crippen molar-refractivity contribution in [2.45, 2.75) is 0 Å². The molecule has 2 aromatic rings. The van der Waals surface area contributed by atoms with Crippen LogP contribution in [0, 0.1) is 0 Å². The number of methoxy groups -OCH3 is 2. The number of anilines is 2. The average Bonchev–Trinajstić information content (AvgIpc) is 2.68. The van der Waals surface area contributed by atoms with Gasteiger partial charge in [-0.25, -0.2) is 4.79 Å². The molecule has 2 aromatic carbocycles. The number of ether oxygens (including phenoxy) is 2. The Bertz CT molecular complexity index is 836. The first-order chi connectivity index (χ1) is 13.4. The van der Waals surface area contributed by atoms with Gasteiger partial charge in [-0.3, -0.25) is 9.59 Å². The molecule has 0 aliphatic carbocycles. The lowest BCUT2D eigenvalue weighted by Crippen LogP contribution is -3.11. The molecule has 1 unspecified atom stereocenters. The van der Waals surface area contributed by atoms with Crippen LogP contribution in [0.1, 0.15) is 10.4 Å². The van der Waals surface area contributed by atoms with Crippen LogP contribution in [0.3, 0.4) is 0 Å². The molecular weight excluding hydrogens is 362 g/mol. The first kappa shape index (κ1) is 20.9. The van der Waals surface area contributed by atoms with Crippen LogP contribution < -0.4 is 20.3 Å². The SMILES string of the molecule is COC(=O)c1ccccc1NC(=O)C[NH+](C)CC(=O)Nc1ccc(OC)cc1. The van der Waals surface area contributed by atoms with Gasteiger partial charge in [0.1, 0.15) is 5.75 Å². The summed E-state index contributed by atoms with van der Waals surface area (Å²) in [5, 5.41) is 5.46. The van der Waals surface area contributed by atoms with E-state index < -0.39 is 5.97 Å². The van der Waals surface area contributed by atoms with E-state index in [1.807, 2.05) is 0 Å². The second-order valence-corrected chi connectivity index (χ2v) is 6.17. The van der Waals surface area contributed by atoms with E-state index in [0.29, 0.717) is 22.0 Å². The average molecular weight is 386 g/mol. The summed E-state index contributed by atoms with van der Waals surface area (Å²) in [5.41, 5.74) is 1.29. The largest absolute Gasteiger partial charge is 0.497 e. The second-order valence-electron chi connectivity index (χ2n) is 6.17. The molecule has 0 spiro atoms. The molecule has 0 bridgehead atoms. The van der Waals surface area contributed by atoms with Crippen LogP contribution in [0.25, 0.3) is 0 Å². The molecule has 2 amide bonds. The van der Waals surface area contributed by atoms with E-state index in [1.165, 1.54) is 7.11 Å². The van der Waals surface area contributed by atoms with Crippen LogP contribution in [-0.2, 0) is 14.3 Å². The van der Waals surface area contributed by atoms with Crippen molar-refractivity contribution < 1.29 is 28.8 Å². The molecule has 8 nitrogen and oxygen atoms in total. The zero-order chi connectivity index (χ0) is 20.5. The molecule has 0 fully saturated rings. The van der Waals surface area contributed by atoms with Gasteiger partial charge in [0.2, 0.25) is 0 Å². The molecule has 28 heavy (non-hydrogen) atoms. The fourth-order valence-electron chi connectivity index (χ4n) is 2.56. The minimum atomic E-state index is -0.532. The van der Waals surface area contributed by atoms with Crippen molar-refractivity contribution in [3.05, 3.63) is 54.1 Å². The fourth-order valence-corrected chi connectivity index (χ4v) is 2.56. The van der Waals surface area contributed by atoms with Crippen molar-refractivity contribution in [3.63, 3.8) is 0 Å². The predicted molar refractivity (Wildman–Crippen MR) is 105 cm³/mol. The third kappa shape index (κ3) is 6.10. The highest BCUT2D eigenvalue weighted by Crippen LogP contribution is 2.16. The molecule has 0 saturated carbocycles. The van der Waals surface area contributed by atoms with Crippen molar-refractivity contribution in [2.75, 3.05) is 45.0 Å². The highest BCUT2D eigenvalue weighted by molar-refractivity contribution is 6.01. The number of amides is 2. The molecule has 0 radical (unpaired) electrons. The molecule has 0 aliphatic rings. The number of para-hydroxylation sites is 1. The molecular formula is C20H24N3O5+. The van der Waals surface area contributed by atoms with E-state index >= 15 is 0 Å². The number of carbonyl (C=O) groups is 3. The molecule has 2 rings (SSSR count). The maximum atomic E-state index is 12.3. The highest BCUT2D eigenvalue weighted by Gasteiger charge is 2.17. The Hall–Kier alpha value is -3.39. The van der Waals surface area contributed by atoms with Gasteiger partial charge in [-0.2, -0.15) is 0 Å². The lowest BCUT2D eigenvalue weighted by molar-refractivity contribution is -0.862. The molecule has 0 aromatic heterocycles. The zero-order valence-corrected chi connectivity index (χ0v) is 16.1. The van der Waals surface area contributed by atoms with Crippen molar-refractivity contribution in [3.8, 4) is 5.75 Å². The van der Waals surface area contributed by atoms with Crippen LogP contribution in [0.15, 0.2) is 48.5 Å². The topological polar surface area (TPSA) is 98.2 Å². The first-order valence-corrected chi connectivity index (χ1v) is 8.65. The third-order valence-electron chi connectivity index (χ3n) is 3.90. The first-order valence-electron chi connectivity index (χ1n) is 8.65. The Morgan fingerprint density at radius 3 is 2.11 bits per heavy atom. The Kier molecular flexibility index (Phi) is 7.53. The number of hydrogen-bond acceptors (Lipinski definition) is 5. The quantitative estimate of drug-likeness (QED) is 0.577. The maximum absolute atomic E-state index is 12.3. The van der Waals surface area contributed by atoms with Gasteiger partial charge < -0.3 is 25.0 Å². The third-order valence-corrected chi connectivity index (χ3v) is 3.90. The number of likely N-dealkylation sites (N-methyl/N-ethyl adjacent to an activating group) is 1. The minimum absolute atomic E-state index is 0.0611. The van der Waals surface area contributed by atoms with Gasteiger partial charge in [0.25, 0.3) is 11.8 Å². The molecule has 3 N–H and O–H groups in total. The summed E-state index contributed by atoms with van der Waals surface area (Å²) >= 11 is 0. The predicted octanol–water partition coefficient (Wildman–Crippen LogP) is 0.574. The molecule has 0 saturated heterocycles. The van der Waals surface area contributed by atoms with Crippen LogP contribution in [0.2, 0.25) is 0 Å². The number of quaternary nitrogens is 1. The number of rotatable bonds is 8. The van der Waals surface area contributed by atoms with Crippen molar-refractivity contribution in [1.29, 1.82) is 0 Å². The Labute approximate surface area is 163 Å². The van der Waals surface area contributed by atoms with Gasteiger partial charge in [-0.1, -0.05) is 12.1 Å². The van der Waals surface area contributed by atoms with Crippen molar-refractivity contribution in [1.82, 2.24) is 0 Å². The standard InChI is InChI=1S/C20H23N3O5/c1-23(12-18(24)21-14-8-10-15(27-2)11-9-14)13-19(25)22-17-7-5-4-6-16(17)20(26)28-3/h4-11H,12-13H2,1-3H3,(H,21,24)(H,22,25)/p+1. The monoisotopic (exact) mass is 386 g/mol. The summed E-state index contributed by atoms with van der Waals surface area (Å²) in [4.78, 5) is 36.9. The van der Waals surface area contributed by atoms with E-state index in [9.17, 15) is 14.4 Å². The van der Waals surface area contributed by atoms with Crippen LogP contribution in [-0.4, -0.2) is 52.1 Å². The molecule has 8 heteroatoms. The summed E-state index contributed by atoms with van der Waals surface area (Å²) in [6, 6.07) is 13.6. The zero-order valence-electron chi connectivity index (χ0n) is 16.1. The van der Waals surface area contributed by atoms with E-state index in [-0.39, 0.29) is 30.5 Å². The smallest absolute Gasteiger partial charge is 0.339 e. The Morgan fingerprint density at radius 1 is 0.893 bits per heavy atom. The van der Waals surface area contributed by atoms with Crippen LogP contribution >= 0.6 is 0 Å². The summed E-state index contributed by atoms with van der Waals surface area (Å²) in [6.45, 7) is 0.170. The molecule has 1 atom stereocenters. The Balaban J connectivity index is 1.86. The summed E-state index contributed by atoms with van der Waals surface area (Å²) in [5.74, 6) is -0.364.